The summed E-state index contributed by atoms with van der Waals surface area (Å²) in [4.78, 5) is 0. The maximum atomic E-state index is 5.79. The van der Waals surface area contributed by atoms with Crippen LogP contribution in [0.1, 0.15) is 19.8 Å². The van der Waals surface area contributed by atoms with Crippen LogP contribution in [0.5, 0.6) is 0 Å². The molecule has 1 unspecified atom stereocenters. The Morgan fingerprint density at radius 1 is 1.29 bits per heavy atom. The van der Waals surface area contributed by atoms with Gasteiger partial charge in [-0.25, -0.2) is 0 Å². The van der Waals surface area contributed by atoms with Crippen molar-refractivity contribution < 1.29 is 9.47 Å². The summed E-state index contributed by atoms with van der Waals surface area (Å²) in [5.41, 5.74) is 6.16. The van der Waals surface area contributed by atoms with Gasteiger partial charge in [-0.3, -0.25) is 0 Å². The second-order valence-electron chi connectivity index (χ2n) is 4.75. The molecular weight excluding hydrogens is 178 g/mol. The molecule has 0 aromatic carbocycles. The zero-order valence-corrected chi connectivity index (χ0v) is 9.00. The van der Waals surface area contributed by atoms with Crippen LogP contribution in [0.4, 0.5) is 0 Å². The molecule has 2 rings (SSSR count). The Bertz CT molecular complexity index is 186. The van der Waals surface area contributed by atoms with E-state index in [4.69, 9.17) is 15.2 Å². The predicted molar refractivity (Wildman–Crippen MR) is 55.0 cm³/mol. The average Bonchev–Trinajstić information content (AvgIpc) is 2.17. The molecule has 2 aliphatic rings. The first-order chi connectivity index (χ1) is 6.79. The average molecular weight is 199 g/mol. The summed E-state index contributed by atoms with van der Waals surface area (Å²) < 4.78 is 10.8. The molecule has 0 aromatic rings. The van der Waals surface area contributed by atoms with Crippen molar-refractivity contribution in [2.45, 2.75) is 19.8 Å². The summed E-state index contributed by atoms with van der Waals surface area (Å²) >= 11 is 0. The topological polar surface area (TPSA) is 44.5 Å². The standard InChI is InChI=1S/C11H21NO2/c1-9(6-12)11(7-14-8-11)10-2-4-13-5-3-10/h9-10H,2-8,12H2,1H3. The fraction of sp³-hybridized carbons (Fsp3) is 1.00. The van der Waals surface area contributed by atoms with Gasteiger partial charge in [-0.15, -0.1) is 0 Å². The lowest BCUT2D eigenvalue weighted by Crippen LogP contribution is -2.55. The molecule has 2 fully saturated rings. The van der Waals surface area contributed by atoms with Gasteiger partial charge in [-0.2, -0.15) is 0 Å². The van der Waals surface area contributed by atoms with Crippen molar-refractivity contribution in [1.82, 2.24) is 0 Å². The number of ether oxygens (including phenoxy) is 2. The minimum atomic E-state index is 0.374. The van der Waals surface area contributed by atoms with Gasteiger partial charge in [-0.05, 0) is 31.2 Å². The lowest BCUT2D eigenvalue weighted by atomic mass is 9.63. The van der Waals surface area contributed by atoms with Gasteiger partial charge in [0, 0.05) is 18.6 Å². The van der Waals surface area contributed by atoms with Gasteiger partial charge in [-0.1, -0.05) is 6.92 Å². The van der Waals surface area contributed by atoms with Crippen LogP contribution in [0.2, 0.25) is 0 Å². The Labute approximate surface area is 85.9 Å². The van der Waals surface area contributed by atoms with Crippen molar-refractivity contribution in [3.05, 3.63) is 0 Å². The van der Waals surface area contributed by atoms with Crippen LogP contribution >= 0.6 is 0 Å². The normalized spacial score (nSPS) is 29.6. The van der Waals surface area contributed by atoms with Crippen molar-refractivity contribution >= 4 is 0 Å². The van der Waals surface area contributed by atoms with Crippen LogP contribution in [0.25, 0.3) is 0 Å². The van der Waals surface area contributed by atoms with Crippen LogP contribution < -0.4 is 5.73 Å². The highest BCUT2D eigenvalue weighted by atomic mass is 16.5. The molecule has 0 amide bonds. The third-order valence-corrected chi connectivity index (χ3v) is 4.11. The van der Waals surface area contributed by atoms with Crippen molar-refractivity contribution in [1.29, 1.82) is 0 Å². The molecule has 0 saturated carbocycles. The van der Waals surface area contributed by atoms with E-state index in [0.717, 1.165) is 38.9 Å². The van der Waals surface area contributed by atoms with Gasteiger partial charge in [0.05, 0.1) is 13.2 Å². The van der Waals surface area contributed by atoms with Gasteiger partial charge in [0.15, 0.2) is 0 Å². The zero-order chi connectivity index (χ0) is 10.0. The number of hydrogen-bond acceptors (Lipinski definition) is 3. The zero-order valence-electron chi connectivity index (χ0n) is 9.00. The van der Waals surface area contributed by atoms with E-state index in [0.29, 0.717) is 11.3 Å². The molecule has 1 atom stereocenters. The maximum Gasteiger partial charge on any atom is 0.0550 e. The minimum absolute atomic E-state index is 0.374. The SMILES string of the molecule is CC(CN)C1(C2CCOCC2)COC1. The molecule has 2 N–H and O–H groups in total. The molecular formula is C11H21NO2. The lowest BCUT2D eigenvalue weighted by molar-refractivity contribution is -0.187. The smallest absolute Gasteiger partial charge is 0.0550 e. The Morgan fingerprint density at radius 2 is 1.93 bits per heavy atom. The highest BCUT2D eigenvalue weighted by Crippen LogP contribution is 2.46. The summed E-state index contributed by atoms with van der Waals surface area (Å²) in [5, 5.41) is 0. The predicted octanol–water partition coefficient (Wildman–Crippen LogP) is 1.02. The second kappa shape index (κ2) is 4.17. The quantitative estimate of drug-likeness (QED) is 0.738. The molecule has 3 nitrogen and oxygen atoms in total. The number of rotatable bonds is 3. The third kappa shape index (κ3) is 1.58. The van der Waals surface area contributed by atoms with E-state index in [1.54, 1.807) is 0 Å². The van der Waals surface area contributed by atoms with Gasteiger partial charge < -0.3 is 15.2 Å². The minimum Gasteiger partial charge on any atom is -0.381 e. The first-order valence-electron chi connectivity index (χ1n) is 5.65. The fourth-order valence-electron chi connectivity index (χ4n) is 2.77. The lowest BCUT2D eigenvalue weighted by Gasteiger charge is -2.52. The van der Waals surface area contributed by atoms with Gasteiger partial charge >= 0.3 is 0 Å². The van der Waals surface area contributed by atoms with Gasteiger partial charge in [0.1, 0.15) is 0 Å². The Morgan fingerprint density at radius 3 is 2.36 bits per heavy atom. The van der Waals surface area contributed by atoms with Crippen LogP contribution in [-0.4, -0.2) is 33.0 Å². The molecule has 2 heterocycles. The highest BCUT2D eigenvalue weighted by molar-refractivity contribution is 4.96. The van der Waals surface area contributed by atoms with E-state index >= 15 is 0 Å². The summed E-state index contributed by atoms with van der Waals surface area (Å²) in [6, 6.07) is 0. The molecule has 0 bridgehead atoms. The Balaban J connectivity index is 2.02. The van der Waals surface area contributed by atoms with E-state index in [9.17, 15) is 0 Å². The molecule has 3 heteroatoms. The highest BCUT2D eigenvalue weighted by Gasteiger charge is 2.48. The molecule has 0 aromatic heterocycles. The largest absolute Gasteiger partial charge is 0.381 e. The fourth-order valence-corrected chi connectivity index (χ4v) is 2.77. The molecule has 2 saturated heterocycles. The maximum absolute atomic E-state index is 5.79. The summed E-state index contributed by atoms with van der Waals surface area (Å²) in [6.07, 6.45) is 2.38. The summed E-state index contributed by atoms with van der Waals surface area (Å²) in [6.45, 7) is 6.71. The molecule has 82 valence electrons. The van der Waals surface area contributed by atoms with Gasteiger partial charge in [0.2, 0.25) is 0 Å². The van der Waals surface area contributed by atoms with E-state index in [1.807, 2.05) is 0 Å². The van der Waals surface area contributed by atoms with Crippen molar-refractivity contribution in [2.24, 2.45) is 23.0 Å². The van der Waals surface area contributed by atoms with Crippen LogP contribution in [0, 0.1) is 17.3 Å². The van der Waals surface area contributed by atoms with Crippen molar-refractivity contribution in [2.75, 3.05) is 33.0 Å². The van der Waals surface area contributed by atoms with E-state index in [2.05, 4.69) is 6.92 Å². The number of nitrogens with two attached hydrogens (primary N) is 1. The molecule has 2 aliphatic heterocycles. The second-order valence-corrected chi connectivity index (χ2v) is 4.75. The molecule has 0 radical (unpaired) electrons. The van der Waals surface area contributed by atoms with E-state index < -0.39 is 0 Å². The van der Waals surface area contributed by atoms with Gasteiger partial charge in [0.25, 0.3) is 0 Å². The van der Waals surface area contributed by atoms with E-state index in [1.165, 1.54) is 12.8 Å². The monoisotopic (exact) mass is 199 g/mol. The van der Waals surface area contributed by atoms with Crippen molar-refractivity contribution in [3.8, 4) is 0 Å². The van der Waals surface area contributed by atoms with E-state index in [-0.39, 0.29) is 0 Å². The Hall–Kier alpha value is -0.120. The Kier molecular flexibility index (Phi) is 3.10. The third-order valence-electron chi connectivity index (χ3n) is 4.11. The van der Waals surface area contributed by atoms with Crippen molar-refractivity contribution in [3.63, 3.8) is 0 Å². The summed E-state index contributed by atoms with van der Waals surface area (Å²) in [7, 11) is 0. The van der Waals surface area contributed by atoms with Crippen LogP contribution in [-0.2, 0) is 9.47 Å². The molecule has 0 aliphatic carbocycles. The summed E-state index contributed by atoms with van der Waals surface area (Å²) in [5.74, 6) is 1.35. The van der Waals surface area contributed by atoms with Crippen LogP contribution in [0.3, 0.4) is 0 Å². The number of hydrogen-bond donors (Lipinski definition) is 1. The first-order valence-corrected chi connectivity index (χ1v) is 5.65. The van der Waals surface area contributed by atoms with Crippen LogP contribution in [0.15, 0.2) is 0 Å². The first kappa shape index (κ1) is 10.4. The molecule has 14 heavy (non-hydrogen) atoms. The molecule has 0 spiro atoms.